The summed E-state index contributed by atoms with van der Waals surface area (Å²) in [5.74, 6) is 0.848. The molecule has 3 nitrogen and oxygen atoms in total. The highest BCUT2D eigenvalue weighted by Gasteiger charge is 2.13. The number of imidazole rings is 1. The van der Waals surface area contributed by atoms with Crippen molar-refractivity contribution in [1.82, 2.24) is 9.55 Å². The molecule has 3 heteroatoms. The molecule has 0 aliphatic carbocycles. The molecule has 1 aromatic carbocycles. The van der Waals surface area contributed by atoms with Gasteiger partial charge >= 0.3 is 0 Å². The third kappa shape index (κ3) is 1.88. The Morgan fingerprint density at radius 1 is 1.18 bits per heavy atom. The first-order valence-corrected chi connectivity index (χ1v) is 5.60. The van der Waals surface area contributed by atoms with E-state index in [0.717, 1.165) is 23.4 Å². The fourth-order valence-corrected chi connectivity index (χ4v) is 1.95. The molecule has 0 radical (unpaired) electrons. The van der Waals surface area contributed by atoms with Gasteiger partial charge in [0.1, 0.15) is 11.5 Å². The molecule has 0 N–H and O–H groups in total. The number of carbonyl (C=O) groups is 1. The fourth-order valence-electron chi connectivity index (χ4n) is 1.95. The van der Waals surface area contributed by atoms with E-state index in [4.69, 9.17) is 0 Å². The lowest BCUT2D eigenvalue weighted by molar-refractivity contribution is 0.112. The predicted octanol–water partition coefficient (Wildman–Crippen LogP) is 2.82. The van der Waals surface area contributed by atoms with Gasteiger partial charge < -0.3 is 4.57 Å². The molecule has 1 heterocycles. The normalized spacial score (nSPS) is 10.6. The number of aryl methyl sites for hydroxylation is 3. The van der Waals surface area contributed by atoms with Crippen molar-refractivity contribution in [1.29, 1.82) is 0 Å². The number of aldehydes is 1. The average Bonchev–Trinajstić information content (AvgIpc) is 2.59. The minimum absolute atomic E-state index is 0.508. The van der Waals surface area contributed by atoms with Gasteiger partial charge in [-0.25, -0.2) is 4.98 Å². The van der Waals surface area contributed by atoms with Crippen LogP contribution in [0.4, 0.5) is 0 Å². The molecule has 0 unspecified atom stereocenters. The Bertz CT molecular complexity index is 582. The van der Waals surface area contributed by atoms with E-state index in [1.165, 1.54) is 11.1 Å². The van der Waals surface area contributed by atoms with E-state index in [2.05, 4.69) is 31.0 Å². The Labute approximate surface area is 101 Å². The Hall–Kier alpha value is -1.90. The van der Waals surface area contributed by atoms with Crippen LogP contribution in [0.3, 0.4) is 0 Å². The molecular formula is C14H16N2O. The SMILES string of the molecule is Cc1ccc(-c2c(C=O)nc(C)n2C)cc1C. The van der Waals surface area contributed by atoms with E-state index < -0.39 is 0 Å². The zero-order valence-corrected chi connectivity index (χ0v) is 10.6. The maximum atomic E-state index is 11.0. The molecule has 0 amide bonds. The van der Waals surface area contributed by atoms with Crippen LogP contribution in [0.2, 0.25) is 0 Å². The molecule has 88 valence electrons. The molecule has 2 aromatic rings. The zero-order valence-electron chi connectivity index (χ0n) is 10.6. The van der Waals surface area contributed by atoms with Crippen LogP contribution >= 0.6 is 0 Å². The Morgan fingerprint density at radius 3 is 2.47 bits per heavy atom. The number of aromatic nitrogens is 2. The van der Waals surface area contributed by atoms with Gasteiger partial charge in [0.05, 0.1) is 5.69 Å². The summed E-state index contributed by atoms with van der Waals surface area (Å²) in [5, 5.41) is 0. The van der Waals surface area contributed by atoms with Crippen molar-refractivity contribution in [3.05, 3.63) is 40.8 Å². The molecule has 0 atom stereocenters. The van der Waals surface area contributed by atoms with Gasteiger partial charge in [-0.2, -0.15) is 0 Å². The first-order chi connectivity index (χ1) is 8.04. The van der Waals surface area contributed by atoms with Gasteiger partial charge in [-0.05, 0) is 38.0 Å². The van der Waals surface area contributed by atoms with Gasteiger partial charge in [-0.1, -0.05) is 12.1 Å². The molecule has 0 aliphatic rings. The van der Waals surface area contributed by atoms with Crippen molar-refractivity contribution in [2.45, 2.75) is 20.8 Å². The summed E-state index contributed by atoms with van der Waals surface area (Å²) in [4.78, 5) is 15.3. The minimum atomic E-state index is 0.508. The van der Waals surface area contributed by atoms with Gasteiger partial charge in [-0.15, -0.1) is 0 Å². The van der Waals surface area contributed by atoms with Crippen LogP contribution in [0.1, 0.15) is 27.4 Å². The molecule has 1 aromatic heterocycles. The molecule has 0 fully saturated rings. The van der Waals surface area contributed by atoms with E-state index >= 15 is 0 Å². The number of carbonyl (C=O) groups excluding carboxylic acids is 1. The van der Waals surface area contributed by atoms with Crippen molar-refractivity contribution in [3.63, 3.8) is 0 Å². The van der Waals surface area contributed by atoms with E-state index in [0.29, 0.717) is 5.69 Å². The van der Waals surface area contributed by atoms with Gasteiger partial charge in [0.15, 0.2) is 6.29 Å². The van der Waals surface area contributed by atoms with Crippen molar-refractivity contribution in [3.8, 4) is 11.3 Å². The standard InChI is InChI=1S/C14H16N2O/c1-9-5-6-12(7-10(9)2)14-13(8-17)15-11(3)16(14)4/h5-8H,1-4H3. The number of rotatable bonds is 2. The van der Waals surface area contributed by atoms with Crippen molar-refractivity contribution < 1.29 is 4.79 Å². The number of hydrogen-bond acceptors (Lipinski definition) is 2. The van der Waals surface area contributed by atoms with Gasteiger partial charge in [0, 0.05) is 12.6 Å². The zero-order chi connectivity index (χ0) is 12.6. The quantitative estimate of drug-likeness (QED) is 0.741. The Kier molecular flexibility index (Phi) is 2.84. The second kappa shape index (κ2) is 4.17. The van der Waals surface area contributed by atoms with Crippen LogP contribution in [0.25, 0.3) is 11.3 Å². The second-order valence-corrected chi connectivity index (χ2v) is 4.37. The van der Waals surface area contributed by atoms with Crippen LogP contribution in [-0.4, -0.2) is 15.8 Å². The Balaban J connectivity index is 2.67. The molecule has 17 heavy (non-hydrogen) atoms. The topological polar surface area (TPSA) is 34.9 Å². The molecule has 0 saturated heterocycles. The highest BCUT2D eigenvalue weighted by Crippen LogP contribution is 2.25. The van der Waals surface area contributed by atoms with Crippen molar-refractivity contribution >= 4 is 6.29 Å². The monoisotopic (exact) mass is 228 g/mol. The third-order valence-corrected chi connectivity index (χ3v) is 3.24. The maximum absolute atomic E-state index is 11.0. The first kappa shape index (κ1) is 11.6. The summed E-state index contributed by atoms with van der Waals surface area (Å²) in [5.41, 5.74) is 4.91. The molecule has 0 saturated carbocycles. The summed E-state index contributed by atoms with van der Waals surface area (Å²) in [7, 11) is 1.93. The van der Waals surface area contributed by atoms with E-state index in [9.17, 15) is 4.79 Å². The molecular weight excluding hydrogens is 212 g/mol. The Morgan fingerprint density at radius 2 is 1.88 bits per heavy atom. The van der Waals surface area contributed by atoms with E-state index in [1.807, 2.05) is 24.6 Å². The largest absolute Gasteiger partial charge is 0.331 e. The minimum Gasteiger partial charge on any atom is -0.331 e. The van der Waals surface area contributed by atoms with Crippen LogP contribution in [0.5, 0.6) is 0 Å². The predicted molar refractivity (Wildman–Crippen MR) is 68.2 cm³/mol. The number of nitrogens with zero attached hydrogens (tertiary/aromatic N) is 2. The molecule has 2 rings (SSSR count). The lowest BCUT2D eigenvalue weighted by Crippen LogP contribution is -1.96. The average molecular weight is 228 g/mol. The van der Waals surface area contributed by atoms with Crippen LogP contribution in [0, 0.1) is 20.8 Å². The van der Waals surface area contributed by atoms with E-state index in [-0.39, 0.29) is 0 Å². The summed E-state index contributed by atoms with van der Waals surface area (Å²) in [6, 6.07) is 6.20. The second-order valence-electron chi connectivity index (χ2n) is 4.37. The van der Waals surface area contributed by atoms with Gasteiger partial charge in [0.2, 0.25) is 0 Å². The van der Waals surface area contributed by atoms with Crippen LogP contribution in [0.15, 0.2) is 18.2 Å². The van der Waals surface area contributed by atoms with Gasteiger partial charge in [-0.3, -0.25) is 4.79 Å². The third-order valence-electron chi connectivity index (χ3n) is 3.24. The van der Waals surface area contributed by atoms with Crippen molar-refractivity contribution in [2.24, 2.45) is 7.05 Å². The summed E-state index contributed by atoms with van der Waals surface area (Å²) >= 11 is 0. The number of benzene rings is 1. The smallest absolute Gasteiger partial charge is 0.170 e. The highest BCUT2D eigenvalue weighted by molar-refractivity contribution is 5.84. The summed E-state index contributed by atoms with van der Waals surface area (Å²) in [6.07, 6.45) is 0.817. The number of hydrogen-bond donors (Lipinski definition) is 0. The maximum Gasteiger partial charge on any atom is 0.170 e. The van der Waals surface area contributed by atoms with Gasteiger partial charge in [0.25, 0.3) is 0 Å². The highest BCUT2D eigenvalue weighted by atomic mass is 16.1. The first-order valence-electron chi connectivity index (χ1n) is 5.60. The summed E-state index contributed by atoms with van der Waals surface area (Å²) < 4.78 is 1.95. The molecule has 0 spiro atoms. The lowest BCUT2D eigenvalue weighted by Gasteiger charge is -2.07. The van der Waals surface area contributed by atoms with Crippen LogP contribution < -0.4 is 0 Å². The van der Waals surface area contributed by atoms with Crippen LogP contribution in [-0.2, 0) is 7.05 Å². The molecule has 0 aliphatic heterocycles. The summed E-state index contributed by atoms with van der Waals surface area (Å²) in [6.45, 7) is 6.05. The fraction of sp³-hybridized carbons (Fsp3) is 0.286. The molecule has 0 bridgehead atoms. The van der Waals surface area contributed by atoms with E-state index in [1.54, 1.807) is 0 Å². The van der Waals surface area contributed by atoms with Crippen molar-refractivity contribution in [2.75, 3.05) is 0 Å². The lowest BCUT2D eigenvalue weighted by atomic mass is 10.0.